The molecule has 0 unspecified atom stereocenters. The molecule has 7 heteroatoms. The average Bonchev–Trinajstić information content (AvgIpc) is 2.52. The van der Waals surface area contributed by atoms with E-state index in [4.69, 9.17) is 18.9 Å². The minimum Gasteiger partial charge on any atom is -0.493 e. The highest BCUT2D eigenvalue weighted by Gasteiger charge is 2.51. The molecule has 7 nitrogen and oxygen atoms in total. The van der Waals surface area contributed by atoms with Gasteiger partial charge in [-0.2, -0.15) is 0 Å². The van der Waals surface area contributed by atoms with Crippen molar-refractivity contribution in [2.75, 3.05) is 19.7 Å². The predicted molar refractivity (Wildman–Crippen MR) is 94.4 cm³/mol. The fourth-order valence-corrected chi connectivity index (χ4v) is 3.80. The average molecular weight is 369 g/mol. The minimum atomic E-state index is -0.949. The number of fused-ring (bicyclic) bond motifs is 1. The number of carbonyl (C=O) groups excluding carboxylic acids is 1. The number of nitrogens with zero attached hydrogens (tertiary/aromatic N) is 1. The Hall–Kier alpha value is -1.31. The molecular formula is C19H31NO6. The summed E-state index contributed by atoms with van der Waals surface area (Å²) in [5, 5.41) is 11.3. The molecule has 3 atom stereocenters. The quantitative estimate of drug-likeness (QED) is 0.765. The number of likely N-dealkylation sites (tertiary alicyclic amines) is 1. The normalized spacial score (nSPS) is 33.2. The minimum absolute atomic E-state index is 0.204. The van der Waals surface area contributed by atoms with Gasteiger partial charge in [-0.25, -0.2) is 4.79 Å². The highest BCUT2D eigenvalue weighted by molar-refractivity contribution is 5.68. The van der Waals surface area contributed by atoms with E-state index in [2.05, 4.69) is 0 Å². The van der Waals surface area contributed by atoms with Gasteiger partial charge in [-0.15, -0.1) is 0 Å². The van der Waals surface area contributed by atoms with Gasteiger partial charge in [0.2, 0.25) is 0 Å². The molecule has 0 saturated carbocycles. The Balaban J connectivity index is 1.67. The predicted octanol–water partition coefficient (Wildman–Crippen LogP) is 2.43. The molecule has 0 aromatic heterocycles. The van der Waals surface area contributed by atoms with Crippen LogP contribution in [0.3, 0.4) is 0 Å². The van der Waals surface area contributed by atoms with Gasteiger partial charge >= 0.3 is 6.09 Å². The van der Waals surface area contributed by atoms with Crippen molar-refractivity contribution >= 4 is 6.09 Å². The van der Waals surface area contributed by atoms with Crippen molar-refractivity contribution < 1.29 is 28.8 Å². The number of aliphatic hydroxyl groups is 1. The van der Waals surface area contributed by atoms with Crippen molar-refractivity contribution in [3.63, 3.8) is 0 Å². The van der Waals surface area contributed by atoms with Crippen LogP contribution in [0.5, 0.6) is 0 Å². The van der Waals surface area contributed by atoms with E-state index in [1.165, 1.54) is 0 Å². The summed E-state index contributed by atoms with van der Waals surface area (Å²) < 4.78 is 22.8. The molecule has 148 valence electrons. The number of ether oxygens (including phenoxy) is 4. The molecule has 0 spiro atoms. The Morgan fingerprint density at radius 1 is 1.27 bits per heavy atom. The summed E-state index contributed by atoms with van der Waals surface area (Å²) in [4.78, 5) is 13.9. The maximum atomic E-state index is 12.3. The third kappa shape index (κ3) is 4.15. The topological polar surface area (TPSA) is 77.5 Å². The van der Waals surface area contributed by atoms with E-state index in [1.54, 1.807) is 11.2 Å². The van der Waals surface area contributed by atoms with Crippen LogP contribution in [0.4, 0.5) is 4.79 Å². The molecule has 0 aromatic rings. The van der Waals surface area contributed by atoms with Crippen molar-refractivity contribution in [2.24, 2.45) is 5.92 Å². The van der Waals surface area contributed by atoms with Crippen molar-refractivity contribution in [1.29, 1.82) is 0 Å². The van der Waals surface area contributed by atoms with Gasteiger partial charge in [-0.3, -0.25) is 0 Å². The molecule has 2 saturated heterocycles. The molecule has 0 bridgehead atoms. The van der Waals surface area contributed by atoms with E-state index in [9.17, 15) is 9.90 Å². The summed E-state index contributed by atoms with van der Waals surface area (Å²) in [6.45, 7) is 10.6. The lowest BCUT2D eigenvalue weighted by Gasteiger charge is -2.50. The summed E-state index contributed by atoms with van der Waals surface area (Å²) in [5.41, 5.74) is -1.47. The van der Waals surface area contributed by atoms with E-state index in [0.29, 0.717) is 32.5 Å². The maximum Gasteiger partial charge on any atom is 0.410 e. The van der Waals surface area contributed by atoms with Crippen LogP contribution >= 0.6 is 0 Å². The molecule has 3 aliphatic rings. The van der Waals surface area contributed by atoms with Gasteiger partial charge in [-0.1, -0.05) is 0 Å². The first-order valence-corrected chi connectivity index (χ1v) is 9.33. The zero-order chi connectivity index (χ0) is 19.2. The van der Waals surface area contributed by atoms with Crippen molar-refractivity contribution in [3.8, 4) is 0 Å². The van der Waals surface area contributed by atoms with Crippen LogP contribution in [-0.4, -0.2) is 65.0 Å². The van der Waals surface area contributed by atoms with Gasteiger partial charge in [0.25, 0.3) is 0 Å². The first kappa shape index (κ1) is 19.5. The number of carbonyl (C=O) groups is 1. The Kier molecular flexibility index (Phi) is 5.01. The van der Waals surface area contributed by atoms with E-state index in [-0.39, 0.29) is 24.2 Å². The van der Waals surface area contributed by atoms with Crippen molar-refractivity contribution in [1.82, 2.24) is 4.90 Å². The fourth-order valence-electron chi connectivity index (χ4n) is 3.80. The van der Waals surface area contributed by atoms with Crippen LogP contribution in [0.1, 0.15) is 47.5 Å². The first-order chi connectivity index (χ1) is 12.0. The van der Waals surface area contributed by atoms with E-state index in [1.807, 2.05) is 40.7 Å². The smallest absolute Gasteiger partial charge is 0.410 e. The maximum absolute atomic E-state index is 12.3. The summed E-state index contributed by atoms with van der Waals surface area (Å²) in [5.74, 6) is -0.910. The standard InChI is InChI=1S/C19H31NO6/c1-17(2,3)26-16(21)20-9-7-19(22,8-10-20)13-6-11-23-14-12-24-18(4,5)25-15(13)14/h6,11,13-15,22H,7-10,12H2,1-5H3/t13-,14-,15+/m1/s1. The summed E-state index contributed by atoms with van der Waals surface area (Å²) in [6, 6.07) is 0. The number of amides is 1. The lowest BCUT2D eigenvalue weighted by Crippen LogP contribution is -2.60. The largest absolute Gasteiger partial charge is 0.493 e. The molecule has 3 rings (SSSR count). The Morgan fingerprint density at radius 3 is 2.54 bits per heavy atom. The summed E-state index contributed by atoms with van der Waals surface area (Å²) in [6.07, 6.45) is 3.61. The molecular weight excluding hydrogens is 338 g/mol. The molecule has 0 aromatic carbocycles. The Labute approximate surface area is 155 Å². The highest BCUT2D eigenvalue weighted by Crippen LogP contribution is 2.41. The van der Waals surface area contributed by atoms with Gasteiger partial charge in [0.1, 0.15) is 17.8 Å². The lowest BCUT2D eigenvalue weighted by atomic mass is 9.74. The van der Waals surface area contributed by atoms with Gasteiger partial charge in [0.15, 0.2) is 5.79 Å². The lowest BCUT2D eigenvalue weighted by molar-refractivity contribution is -0.324. The van der Waals surface area contributed by atoms with Gasteiger partial charge < -0.3 is 29.0 Å². The van der Waals surface area contributed by atoms with Crippen LogP contribution in [-0.2, 0) is 18.9 Å². The molecule has 3 aliphatic heterocycles. The Bertz CT molecular complexity index is 559. The third-order valence-corrected chi connectivity index (χ3v) is 5.18. The van der Waals surface area contributed by atoms with Crippen LogP contribution in [0.25, 0.3) is 0 Å². The fraction of sp³-hybridized carbons (Fsp3) is 0.842. The molecule has 2 fully saturated rings. The second kappa shape index (κ2) is 6.69. The first-order valence-electron chi connectivity index (χ1n) is 9.33. The number of rotatable bonds is 1. The number of hydrogen-bond donors (Lipinski definition) is 1. The van der Waals surface area contributed by atoms with E-state index in [0.717, 1.165) is 0 Å². The molecule has 3 heterocycles. The van der Waals surface area contributed by atoms with Crippen LogP contribution < -0.4 is 0 Å². The van der Waals surface area contributed by atoms with Crippen molar-refractivity contribution in [3.05, 3.63) is 12.3 Å². The monoisotopic (exact) mass is 369 g/mol. The zero-order valence-corrected chi connectivity index (χ0v) is 16.4. The van der Waals surface area contributed by atoms with Crippen LogP contribution in [0, 0.1) is 5.92 Å². The second-order valence-electron chi connectivity index (χ2n) is 8.89. The van der Waals surface area contributed by atoms with Gasteiger partial charge in [0, 0.05) is 19.0 Å². The molecule has 26 heavy (non-hydrogen) atoms. The van der Waals surface area contributed by atoms with Crippen LogP contribution in [0.15, 0.2) is 12.3 Å². The van der Waals surface area contributed by atoms with Gasteiger partial charge in [-0.05, 0) is 53.5 Å². The summed E-state index contributed by atoms with van der Waals surface area (Å²) >= 11 is 0. The second-order valence-corrected chi connectivity index (χ2v) is 8.89. The summed E-state index contributed by atoms with van der Waals surface area (Å²) in [7, 11) is 0. The van der Waals surface area contributed by atoms with E-state index >= 15 is 0 Å². The van der Waals surface area contributed by atoms with E-state index < -0.39 is 17.0 Å². The zero-order valence-electron chi connectivity index (χ0n) is 16.4. The third-order valence-electron chi connectivity index (χ3n) is 5.18. The Morgan fingerprint density at radius 2 is 1.92 bits per heavy atom. The molecule has 0 radical (unpaired) electrons. The molecule has 1 N–H and O–H groups in total. The van der Waals surface area contributed by atoms with Crippen molar-refractivity contribution in [2.45, 2.75) is 76.7 Å². The van der Waals surface area contributed by atoms with Crippen LogP contribution in [0.2, 0.25) is 0 Å². The van der Waals surface area contributed by atoms with Gasteiger partial charge in [0.05, 0.1) is 18.5 Å². The number of hydrogen-bond acceptors (Lipinski definition) is 6. The highest BCUT2D eigenvalue weighted by atomic mass is 16.7. The number of piperidine rings is 1. The molecule has 0 aliphatic carbocycles. The molecule has 1 amide bonds. The SMILES string of the molecule is CC(C)(C)OC(=O)N1CCC(O)([C@@H]2C=CO[C@@H]3COC(C)(C)O[C@@H]23)CC1.